The molecule has 0 heterocycles. The topological polar surface area (TPSA) is 0 Å². The van der Waals surface area contributed by atoms with Crippen molar-refractivity contribution in [1.82, 2.24) is 0 Å². The average molecular weight is 192 g/mol. The van der Waals surface area contributed by atoms with E-state index in [9.17, 15) is 0 Å². The van der Waals surface area contributed by atoms with E-state index in [-0.39, 0.29) is 7.43 Å². The van der Waals surface area contributed by atoms with Crippen LogP contribution in [-0.4, -0.2) is 32.2 Å². The lowest BCUT2D eigenvalue weighted by molar-refractivity contribution is -0.862. The van der Waals surface area contributed by atoms with E-state index in [1.807, 2.05) is 6.07 Å². The third-order valence-corrected chi connectivity index (χ3v) is 1.85. The monoisotopic (exact) mass is 192 g/mol. The fourth-order valence-corrected chi connectivity index (χ4v) is 1.34. The molecular formula is C13H22N+. The zero-order chi connectivity index (χ0) is 9.90. The predicted molar refractivity (Wildman–Crippen MR) is 65.1 cm³/mol. The molecule has 0 fully saturated rings. The standard InChI is InChI=1S/C12H18N.CH4/c1-11(10-13(2,3)4)12-8-6-5-7-9-12;/h5-9H,1,10H2,2-4H3;1H4/q+1;. The summed E-state index contributed by atoms with van der Waals surface area (Å²) in [4.78, 5) is 0. The van der Waals surface area contributed by atoms with Crippen LogP contribution in [0.2, 0.25) is 0 Å². The van der Waals surface area contributed by atoms with Crippen molar-refractivity contribution in [2.24, 2.45) is 0 Å². The summed E-state index contributed by atoms with van der Waals surface area (Å²) in [5.74, 6) is 0. The van der Waals surface area contributed by atoms with Crippen LogP contribution in [0, 0.1) is 0 Å². The zero-order valence-electron chi connectivity index (χ0n) is 8.75. The fraction of sp³-hybridized carbons (Fsp3) is 0.385. The normalized spacial score (nSPS) is 10.5. The summed E-state index contributed by atoms with van der Waals surface area (Å²) >= 11 is 0. The van der Waals surface area contributed by atoms with Gasteiger partial charge in [0, 0.05) is 5.57 Å². The molecule has 0 aliphatic carbocycles. The highest BCUT2D eigenvalue weighted by molar-refractivity contribution is 5.63. The maximum atomic E-state index is 4.09. The van der Waals surface area contributed by atoms with Crippen molar-refractivity contribution in [3.05, 3.63) is 42.5 Å². The molecule has 0 bridgehead atoms. The number of hydrogen-bond acceptors (Lipinski definition) is 0. The molecule has 1 nitrogen and oxygen atoms in total. The second kappa shape index (κ2) is 4.97. The van der Waals surface area contributed by atoms with E-state index >= 15 is 0 Å². The lowest BCUT2D eigenvalue weighted by atomic mass is 10.1. The molecule has 0 aliphatic heterocycles. The molecule has 1 aromatic carbocycles. The molecule has 0 radical (unpaired) electrons. The number of rotatable bonds is 3. The molecule has 0 spiro atoms. The minimum absolute atomic E-state index is 0. The van der Waals surface area contributed by atoms with Gasteiger partial charge in [-0.3, -0.25) is 0 Å². The molecule has 0 aromatic heterocycles. The molecule has 1 aromatic rings. The minimum atomic E-state index is 0. The number of quaternary nitrogens is 1. The highest BCUT2D eigenvalue weighted by Gasteiger charge is 2.09. The van der Waals surface area contributed by atoms with Gasteiger partial charge in [0.1, 0.15) is 6.54 Å². The Morgan fingerprint density at radius 2 is 1.64 bits per heavy atom. The first-order valence-corrected chi connectivity index (χ1v) is 4.53. The predicted octanol–water partition coefficient (Wildman–Crippen LogP) is 3.04. The highest BCUT2D eigenvalue weighted by atomic mass is 15.3. The van der Waals surface area contributed by atoms with Crippen LogP contribution in [-0.2, 0) is 0 Å². The van der Waals surface area contributed by atoms with Gasteiger partial charge in [-0.25, -0.2) is 0 Å². The first-order valence-electron chi connectivity index (χ1n) is 4.53. The fourth-order valence-electron chi connectivity index (χ4n) is 1.34. The van der Waals surface area contributed by atoms with Gasteiger partial charge in [-0.1, -0.05) is 44.3 Å². The zero-order valence-corrected chi connectivity index (χ0v) is 8.75. The van der Waals surface area contributed by atoms with Gasteiger partial charge >= 0.3 is 0 Å². The summed E-state index contributed by atoms with van der Waals surface area (Å²) in [6, 6.07) is 10.4. The molecular weight excluding hydrogens is 170 g/mol. The summed E-state index contributed by atoms with van der Waals surface area (Å²) in [5.41, 5.74) is 2.45. The molecule has 1 rings (SSSR count). The average Bonchev–Trinajstić information content (AvgIpc) is 2.03. The van der Waals surface area contributed by atoms with Gasteiger partial charge in [0.05, 0.1) is 21.1 Å². The summed E-state index contributed by atoms with van der Waals surface area (Å²) in [5, 5.41) is 0. The number of nitrogens with zero attached hydrogens (tertiary/aromatic N) is 1. The van der Waals surface area contributed by atoms with Crippen LogP contribution in [0.25, 0.3) is 5.57 Å². The van der Waals surface area contributed by atoms with E-state index < -0.39 is 0 Å². The van der Waals surface area contributed by atoms with Crippen LogP contribution < -0.4 is 0 Å². The van der Waals surface area contributed by atoms with Crippen LogP contribution in [0.5, 0.6) is 0 Å². The SMILES string of the molecule is C.C=C(C[N+](C)(C)C)c1ccccc1. The van der Waals surface area contributed by atoms with Crippen molar-refractivity contribution in [1.29, 1.82) is 0 Å². The summed E-state index contributed by atoms with van der Waals surface area (Å²) < 4.78 is 0.924. The van der Waals surface area contributed by atoms with Gasteiger partial charge in [0.25, 0.3) is 0 Å². The van der Waals surface area contributed by atoms with Crippen molar-refractivity contribution >= 4 is 5.57 Å². The Balaban J connectivity index is 0.00000169. The Bertz CT molecular complexity index is 280. The lowest BCUT2D eigenvalue weighted by Crippen LogP contribution is -2.35. The first kappa shape index (κ1) is 12.9. The van der Waals surface area contributed by atoms with Crippen LogP contribution in [0.1, 0.15) is 13.0 Å². The Labute approximate surface area is 88.3 Å². The van der Waals surface area contributed by atoms with Crippen LogP contribution in [0.3, 0.4) is 0 Å². The van der Waals surface area contributed by atoms with Gasteiger partial charge < -0.3 is 4.48 Å². The summed E-state index contributed by atoms with van der Waals surface area (Å²) in [6.45, 7) is 5.08. The lowest BCUT2D eigenvalue weighted by Gasteiger charge is -2.24. The van der Waals surface area contributed by atoms with E-state index in [0.29, 0.717) is 0 Å². The molecule has 0 unspecified atom stereocenters. The van der Waals surface area contributed by atoms with Crippen LogP contribution in [0.15, 0.2) is 36.9 Å². The quantitative estimate of drug-likeness (QED) is 0.646. The van der Waals surface area contributed by atoms with Crippen molar-refractivity contribution in [3.8, 4) is 0 Å². The second-order valence-corrected chi connectivity index (χ2v) is 4.42. The Kier molecular flexibility index (Phi) is 4.58. The number of benzene rings is 1. The summed E-state index contributed by atoms with van der Waals surface area (Å²) in [7, 11) is 6.52. The van der Waals surface area contributed by atoms with Gasteiger partial charge in [-0.2, -0.15) is 0 Å². The van der Waals surface area contributed by atoms with E-state index in [0.717, 1.165) is 11.0 Å². The largest absolute Gasteiger partial charge is 0.327 e. The van der Waals surface area contributed by atoms with Gasteiger partial charge in [0.2, 0.25) is 0 Å². The smallest absolute Gasteiger partial charge is 0.104 e. The molecule has 0 aliphatic rings. The molecule has 0 saturated heterocycles. The maximum Gasteiger partial charge on any atom is 0.104 e. The Morgan fingerprint density at radius 3 is 2.07 bits per heavy atom. The Hall–Kier alpha value is -1.08. The van der Waals surface area contributed by atoms with Gasteiger partial charge in [-0.15, -0.1) is 0 Å². The molecule has 78 valence electrons. The van der Waals surface area contributed by atoms with Crippen LogP contribution >= 0.6 is 0 Å². The van der Waals surface area contributed by atoms with Crippen molar-refractivity contribution in [2.75, 3.05) is 27.7 Å². The highest BCUT2D eigenvalue weighted by Crippen LogP contribution is 2.13. The molecule has 0 N–H and O–H groups in total. The van der Waals surface area contributed by atoms with Gasteiger partial charge in [0.15, 0.2) is 0 Å². The maximum absolute atomic E-state index is 4.09. The van der Waals surface area contributed by atoms with Crippen LogP contribution in [0.4, 0.5) is 0 Å². The first-order chi connectivity index (χ1) is 5.99. The molecule has 1 heteroatoms. The van der Waals surface area contributed by atoms with E-state index in [1.54, 1.807) is 0 Å². The van der Waals surface area contributed by atoms with Crippen molar-refractivity contribution < 1.29 is 4.48 Å². The van der Waals surface area contributed by atoms with E-state index in [2.05, 4.69) is 52.0 Å². The molecule has 14 heavy (non-hydrogen) atoms. The number of likely N-dealkylation sites (N-methyl/N-ethyl adjacent to an activating group) is 1. The van der Waals surface area contributed by atoms with Crippen molar-refractivity contribution in [2.45, 2.75) is 7.43 Å². The minimum Gasteiger partial charge on any atom is -0.327 e. The molecule has 0 saturated carbocycles. The molecule has 0 atom stereocenters. The van der Waals surface area contributed by atoms with Crippen molar-refractivity contribution in [3.63, 3.8) is 0 Å². The van der Waals surface area contributed by atoms with Gasteiger partial charge in [-0.05, 0) is 5.56 Å². The second-order valence-electron chi connectivity index (χ2n) is 4.42. The summed E-state index contributed by atoms with van der Waals surface area (Å²) in [6.07, 6.45) is 0. The van der Waals surface area contributed by atoms with E-state index in [1.165, 1.54) is 11.1 Å². The van der Waals surface area contributed by atoms with E-state index in [4.69, 9.17) is 0 Å². The Morgan fingerprint density at radius 1 is 1.14 bits per heavy atom. The third-order valence-electron chi connectivity index (χ3n) is 1.85. The third kappa shape index (κ3) is 4.24. The molecule has 0 amide bonds. The number of hydrogen-bond donors (Lipinski definition) is 0.